The Hall–Kier alpha value is -1.13. The monoisotopic (exact) mass is 259 g/mol. The van der Waals surface area contributed by atoms with Crippen LogP contribution < -0.4 is 14.8 Å². The molecule has 0 saturated heterocycles. The average molecular weight is 260 g/mol. The molecule has 0 aliphatic carbocycles. The molecule has 0 amide bonds. The molecule has 1 rings (SSSR count). The number of anilines is 1. The lowest BCUT2D eigenvalue weighted by molar-refractivity contribution is 0.128. The maximum atomic E-state index is 6.06. The van der Waals surface area contributed by atoms with Crippen LogP contribution >= 0.6 is 11.6 Å². The molecule has 0 spiro atoms. The van der Waals surface area contributed by atoms with Crippen LogP contribution in [-0.2, 0) is 4.74 Å². The van der Waals surface area contributed by atoms with Gasteiger partial charge in [0.1, 0.15) is 11.5 Å². The van der Waals surface area contributed by atoms with Crippen molar-refractivity contribution in [3.8, 4) is 11.5 Å². The third-order valence-electron chi connectivity index (χ3n) is 2.46. The first kappa shape index (κ1) is 13.9. The lowest BCUT2D eigenvalue weighted by Gasteiger charge is -2.16. The first-order chi connectivity index (χ1) is 8.12. The molecule has 1 aromatic carbocycles. The lowest BCUT2D eigenvalue weighted by Crippen LogP contribution is -2.18. The Morgan fingerprint density at radius 2 is 1.82 bits per heavy atom. The maximum Gasteiger partial charge on any atom is 0.145 e. The standard InChI is InChI=1S/C12H18ClNO3/c1-8(15-2)7-14-10-5-9(13)11(16-3)6-12(10)17-4/h5-6,8,14H,7H2,1-4H3. The van der Waals surface area contributed by atoms with Crippen LogP contribution in [0.4, 0.5) is 5.69 Å². The highest BCUT2D eigenvalue weighted by molar-refractivity contribution is 6.32. The van der Waals surface area contributed by atoms with Crippen LogP contribution in [0.25, 0.3) is 0 Å². The molecule has 1 unspecified atom stereocenters. The van der Waals surface area contributed by atoms with Gasteiger partial charge in [-0.15, -0.1) is 0 Å². The molecule has 0 bridgehead atoms. The van der Waals surface area contributed by atoms with Crippen molar-refractivity contribution in [3.63, 3.8) is 0 Å². The Morgan fingerprint density at radius 1 is 1.18 bits per heavy atom. The summed E-state index contributed by atoms with van der Waals surface area (Å²) >= 11 is 6.06. The van der Waals surface area contributed by atoms with Crippen LogP contribution in [0.5, 0.6) is 11.5 Å². The Balaban J connectivity index is 2.87. The first-order valence-corrected chi connectivity index (χ1v) is 5.68. The quantitative estimate of drug-likeness (QED) is 0.853. The van der Waals surface area contributed by atoms with Gasteiger partial charge in [-0.05, 0) is 13.0 Å². The predicted octanol–water partition coefficient (Wildman–Crippen LogP) is 2.80. The molecule has 5 heteroatoms. The van der Waals surface area contributed by atoms with Crippen molar-refractivity contribution in [1.82, 2.24) is 0 Å². The Morgan fingerprint density at radius 3 is 2.35 bits per heavy atom. The van der Waals surface area contributed by atoms with Crippen LogP contribution in [0.2, 0.25) is 5.02 Å². The molecule has 1 N–H and O–H groups in total. The van der Waals surface area contributed by atoms with Crippen LogP contribution in [0, 0.1) is 0 Å². The second-order valence-electron chi connectivity index (χ2n) is 3.61. The molecular weight excluding hydrogens is 242 g/mol. The van der Waals surface area contributed by atoms with Crippen molar-refractivity contribution in [2.24, 2.45) is 0 Å². The van der Waals surface area contributed by atoms with E-state index >= 15 is 0 Å². The van der Waals surface area contributed by atoms with Crippen molar-refractivity contribution >= 4 is 17.3 Å². The van der Waals surface area contributed by atoms with E-state index in [1.54, 1.807) is 33.5 Å². The predicted molar refractivity (Wildman–Crippen MR) is 69.5 cm³/mol. The van der Waals surface area contributed by atoms with Crippen molar-refractivity contribution < 1.29 is 14.2 Å². The minimum atomic E-state index is 0.112. The SMILES string of the molecule is COc1cc(OC)c(NCC(C)OC)cc1Cl. The smallest absolute Gasteiger partial charge is 0.145 e. The highest BCUT2D eigenvalue weighted by atomic mass is 35.5. The molecule has 4 nitrogen and oxygen atoms in total. The molecule has 17 heavy (non-hydrogen) atoms. The van der Waals surface area contributed by atoms with Gasteiger partial charge in [0.05, 0.1) is 31.0 Å². The molecule has 0 saturated carbocycles. The third-order valence-corrected chi connectivity index (χ3v) is 2.75. The van der Waals surface area contributed by atoms with Gasteiger partial charge in [-0.2, -0.15) is 0 Å². The van der Waals surface area contributed by atoms with Gasteiger partial charge in [-0.1, -0.05) is 11.6 Å². The summed E-state index contributed by atoms with van der Waals surface area (Å²) in [5, 5.41) is 3.76. The van der Waals surface area contributed by atoms with Crippen molar-refractivity contribution in [3.05, 3.63) is 17.2 Å². The highest BCUT2D eigenvalue weighted by Gasteiger charge is 2.10. The van der Waals surface area contributed by atoms with E-state index in [1.165, 1.54) is 0 Å². The van der Waals surface area contributed by atoms with E-state index in [-0.39, 0.29) is 6.10 Å². The van der Waals surface area contributed by atoms with Gasteiger partial charge >= 0.3 is 0 Å². The number of hydrogen-bond acceptors (Lipinski definition) is 4. The summed E-state index contributed by atoms with van der Waals surface area (Å²) in [6.45, 7) is 2.65. The van der Waals surface area contributed by atoms with E-state index in [0.29, 0.717) is 23.1 Å². The van der Waals surface area contributed by atoms with Crippen molar-refractivity contribution in [2.75, 3.05) is 33.2 Å². The zero-order chi connectivity index (χ0) is 12.8. The van der Waals surface area contributed by atoms with E-state index in [1.807, 2.05) is 6.92 Å². The Kier molecular flexibility index (Phi) is 5.38. The summed E-state index contributed by atoms with van der Waals surface area (Å²) in [7, 11) is 4.85. The van der Waals surface area contributed by atoms with Crippen LogP contribution in [0.15, 0.2) is 12.1 Å². The van der Waals surface area contributed by atoms with E-state index in [0.717, 1.165) is 5.69 Å². The second-order valence-corrected chi connectivity index (χ2v) is 4.02. The van der Waals surface area contributed by atoms with Crippen LogP contribution in [-0.4, -0.2) is 34.0 Å². The minimum absolute atomic E-state index is 0.112. The summed E-state index contributed by atoms with van der Waals surface area (Å²) in [5.74, 6) is 1.28. The third kappa shape index (κ3) is 3.68. The van der Waals surface area contributed by atoms with Gasteiger partial charge in [0.15, 0.2) is 0 Å². The number of halogens is 1. The van der Waals surface area contributed by atoms with Crippen LogP contribution in [0.1, 0.15) is 6.92 Å². The normalized spacial score (nSPS) is 12.1. The largest absolute Gasteiger partial charge is 0.495 e. The molecule has 0 radical (unpaired) electrons. The van der Waals surface area contributed by atoms with Gasteiger partial charge < -0.3 is 19.5 Å². The fourth-order valence-corrected chi connectivity index (χ4v) is 1.58. The van der Waals surface area contributed by atoms with E-state index < -0.39 is 0 Å². The molecule has 0 fully saturated rings. The van der Waals surface area contributed by atoms with E-state index in [9.17, 15) is 0 Å². The molecule has 0 heterocycles. The number of rotatable bonds is 6. The fraction of sp³-hybridized carbons (Fsp3) is 0.500. The molecule has 96 valence electrons. The number of hydrogen-bond donors (Lipinski definition) is 1. The van der Waals surface area contributed by atoms with Crippen molar-refractivity contribution in [1.29, 1.82) is 0 Å². The topological polar surface area (TPSA) is 39.7 Å². The molecule has 0 aromatic heterocycles. The lowest BCUT2D eigenvalue weighted by atomic mass is 10.2. The van der Waals surface area contributed by atoms with E-state index in [2.05, 4.69) is 5.32 Å². The number of methoxy groups -OCH3 is 3. The molecule has 1 atom stereocenters. The maximum absolute atomic E-state index is 6.06. The Bertz CT molecular complexity index is 371. The van der Waals surface area contributed by atoms with Crippen LogP contribution in [0.3, 0.4) is 0 Å². The van der Waals surface area contributed by atoms with Gasteiger partial charge in [-0.25, -0.2) is 0 Å². The summed E-state index contributed by atoms with van der Waals surface area (Å²) in [4.78, 5) is 0. The highest BCUT2D eigenvalue weighted by Crippen LogP contribution is 2.35. The molecule has 1 aromatic rings. The second kappa shape index (κ2) is 6.57. The summed E-state index contributed by atoms with van der Waals surface area (Å²) in [6.07, 6.45) is 0.112. The van der Waals surface area contributed by atoms with Gasteiger partial charge in [0, 0.05) is 19.7 Å². The zero-order valence-corrected chi connectivity index (χ0v) is 11.3. The first-order valence-electron chi connectivity index (χ1n) is 5.30. The molecule has 0 aliphatic rings. The molecular formula is C12H18ClNO3. The summed E-state index contributed by atoms with van der Waals surface area (Å²) in [6, 6.07) is 3.53. The van der Waals surface area contributed by atoms with Gasteiger partial charge in [-0.3, -0.25) is 0 Å². The zero-order valence-electron chi connectivity index (χ0n) is 10.5. The minimum Gasteiger partial charge on any atom is -0.495 e. The summed E-state index contributed by atoms with van der Waals surface area (Å²) in [5.41, 5.74) is 0.821. The number of benzene rings is 1. The van der Waals surface area contributed by atoms with E-state index in [4.69, 9.17) is 25.8 Å². The number of ether oxygens (including phenoxy) is 3. The molecule has 0 aliphatic heterocycles. The Labute approximate surface area is 107 Å². The van der Waals surface area contributed by atoms with Gasteiger partial charge in [0.2, 0.25) is 0 Å². The van der Waals surface area contributed by atoms with Gasteiger partial charge in [0.25, 0.3) is 0 Å². The fourth-order valence-electron chi connectivity index (χ4n) is 1.34. The summed E-state index contributed by atoms with van der Waals surface area (Å²) < 4.78 is 15.6. The number of nitrogens with one attached hydrogen (secondary N) is 1. The average Bonchev–Trinajstić information content (AvgIpc) is 2.35. The van der Waals surface area contributed by atoms with Crippen molar-refractivity contribution in [2.45, 2.75) is 13.0 Å².